The highest BCUT2D eigenvalue weighted by molar-refractivity contribution is 6.33. The number of anilines is 1. The molecule has 0 spiro atoms. The van der Waals surface area contributed by atoms with Gasteiger partial charge in [0.15, 0.2) is 0 Å². The first-order chi connectivity index (χ1) is 9.86. The number of rotatable bonds is 3. The zero-order chi connectivity index (χ0) is 15.5. The second-order valence-electron chi connectivity index (χ2n) is 4.15. The molecule has 0 amide bonds. The van der Waals surface area contributed by atoms with Crippen LogP contribution in [0.5, 0.6) is 5.75 Å². The van der Waals surface area contributed by atoms with Gasteiger partial charge >= 0.3 is 6.18 Å². The molecule has 2 N–H and O–H groups in total. The van der Waals surface area contributed by atoms with Crippen molar-refractivity contribution in [3.63, 3.8) is 0 Å². The minimum absolute atomic E-state index is 0.0570. The fourth-order valence-corrected chi connectivity index (χ4v) is 1.68. The van der Waals surface area contributed by atoms with Crippen molar-refractivity contribution in [2.45, 2.75) is 6.18 Å². The summed E-state index contributed by atoms with van der Waals surface area (Å²) in [6.07, 6.45) is -3.04. The molecule has 0 heterocycles. The van der Waals surface area contributed by atoms with Crippen molar-refractivity contribution in [1.29, 1.82) is 0 Å². The van der Waals surface area contributed by atoms with Gasteiger partial charge in [0.1, 0.15) is 5.75 Å². The summed E-state index contributed by atoms with van der Waals surface area (Å²) in [5, 5.41) is 13.1. The maximum absolute atomic E-state index is 12.6. The lowest BCUT2D eigenvalue weighted by Gasteiger charge is -2.09. The number of alkyl halides is 3. The minimum atomic E-state index is -4.44. The summed E-state index contributed by atoms with van der Waals surface area (Å²) >= 11 is 5.81. The zero-order valence-electron chi connectivity index (χ0n) is 10.5. The topological polar surface area (TPSA) is 44.6 Å². The second kappa shape index (κ2) is 6.05. The Morgan fingerprint density at radius 3 is 2.38 bits per heavy atom. The van der Waals surface area contributed by atoms with E-state index in [1.54, 1.807) is 12.1 Å². The van der Waals surface area contributed by atoms with E-state index in [1.807, 2.05) is 0 Å². The van der Waals surface area contributed by atoms with Gasteiger partial charge in [-0.3, -0.25) is 5.43 Å². The number of aromatic hydroxyl groups is 1. The third-order valence-corrected chi connectivity index (χ3v) is 2.91. The molecule has 0 fully saturated rings. The fourth-order valence-electron chi connectivity index (χ4n) is 1.52. The van der Waals surface area contributed by atoms with E-state index in [-0.39, 0.29) is 16.5 Å². The Morgan fingerprint density at radius 2 is 1.76 bits per heavy atom. The third-order valence-electron chi connectivity index (χ3n) is 2.59. The minimum Gasteiger partial charge on any atom is -0.508 e. The van der Waals surface area contributed by atoms with E-state index in [0.29, 0.717) is 5.56 Å². The number of benzene rings is 2. The standard InChI is InChI=1S/C14H10ClF3N2O/c15-12-6-3-10(14(16,17)18)7-13(12)20-19-8-9-1-4-11(21)5-2-9/h1-8,20-21H. The van der Waals surface area contributed by atoms with Crippen molar-refractivity contribution in [3.8, 4) is 5.75 Å². The monoisotopic (exact) mass is 314 g/mol. The lowest BCUT2D eigenvalue weighted by atomic mass is 10.2. The van der Waals surface area contributed by atoms with Crippen molar-refractivity contribution in [3.05, 3.63) is 58.6 Å². The molecule has 21 heavy (non-hydrogen) atoms. The Labute approximate surface area is 123 Å². The summed E-state index contributed by atoms with van der Waals surface area (Å²) < 4.78 is 37.8. The van der Waals surface area contributed by atoms with E-state index in [1.165, 1.54) is 18.3 Å². The maximum atomic E-state index is 12.6. The number of nitrogens with zero attached hydrogens (tertiary/aromatic N) is 1. The molecule has 2 rings (SSSR count). The van der Waals surface area contributed by atoms with Gasteiger partial charge in [0.05, 0.1) is 22.5 Å². The molecular formula is C14H10ClF3N2O. The predicted molar refractivity (Wildman–Crippen MR) is 75.8 cm³/mol. The molecule has 0 bridgehead atoms. The second-order valence-corrected chi connectivity index (χ2v) is 4.56. The SMILES string of the molecule is Oc1ccc(C=NNc2cc(C(F)(F)F)ccc2Cl)cc1. The number of hydrogen-bond donors (Lipinski definition) is 2. The van der Waals surface area contributed by atoms with Crippen LogP contribution in [0.4, 0.5) is 18.9 Å². The van der Waals surface area contributed by atoms with E-state index < -0.39 is 11.7 Å². The lowest BCUT2D eigenvalue weighted by Crippen LogP contribution is -2.05. The van der Waals surface area contributed by atoms with Gasteiger partial charge in [0.2, 0.25) is 0 Å². The first-order valence-electron chi connectivity index (χ1n) is 5.81. The quantitative estimate of drug-likeness (QED) is 0.646. The highest BCUT2D eigenvalue weighted by atomic mass is 35.5. The molecule has 0 radical (unpaired) electrons. The molecule has 7 heteroatoms. The molecule has 0 saturated heterocycles. The number of halogens is 4. The van der Waals surface area contributed by atoms with Gasteiger partial charge in [-0.1, -0.05) is 11.6 Å². The Hall–Kier alpha value is -2.21. The number of phenolic OH excluding ortho intramolecular Hbond substituents is 1. The van der Waals surface area contributed by atoms with Crippen LogP contribution in [0.25, 0.3) is 0 Å². The fraction of sp³-hybridized carbons (Fsp3) is 0.0714. The van der Waals surface area contributed by atoms with Gasteiger partial charge in [0.25, 0.3) is 0 Å². The van der Waals surface area contributed by atoms with Crippen LogP contribution in [0.2, 0.25) is 5.02 Å². The molecule has 110 valence electrons. The van der Waals surface area contributed by atoms with Crippen molar-refractivity contribution in [2.24, 2.45) is 5.10 Å². The summed E-state index contributed by atoms with van der Waals surface area (Å²) in [4.78, 5) is 0. The molecule has 0 aliphatic heterocycles. The van der Waals surface area contributed by atoms with Gasteiger partial charge in [0, 0.05) is 0 Å². The predicted octanol–water partition coefficient (Wildman–Crippen LogP) is 4.51. The Balaban J connectivity index is 2.14. The molecular weight excluding hydrogens is 305 g/mol. The zero-order valence-corrected chi connectivity index (χ0v) is 11.3. The van der Waals surface area contributed by atoms with Crippen molar-refractivity contribution < 1.29 is 18.3 Å². The van der Waals surface area contributed by atoms with Crippen LogP contribution in [0, 0.1) is 0 Å². The summed E-state index contributed by atoms with van der Waals surface area (Å²) in [5.41, 5.74) is 2.38. The van der Waals surface area contributed by atoms with Crippen LogP contribution in [-0.4, -0.2) is 11.3 Å². The van der Waals surface area contributed by atoms with E-state index in [2.05, 4.69) is 10.5 Å². The van der Waals surface area contributed by atoms with E-state index in [9.17, 15) is 13.2 Å². The summed E-state index contributed by atoms with van der Waals surface area (Å²) in [6.45, 7) is 0. The van der Waals surface area contributed by atoms with Crippen LogP contribution in [-0.2, 0) is 6.18 Å². The summed E-state index contributed by atoms with van der Waals surface area (Å²) in [7, 11) is 0. The third kappa shape index (κ3) is 4.13. The Morgan fingerprint density at radius 1 is 1.10 bits per heavy atom. The number of hydrazone groups is 1. The van der Waals surface area contributed by atoms with Crippen LogP contribution in [0.15, 0.2) is 47.6 Å². The normalized spacial score (nSPS) is 11.8. The van der Waals surface area contributed by atoms with Crippen LogP contribution < -0.4 is 5.43 Å². The summed E-state index contributed by atoms with van der Waals surface area (Å²) in [6, 6.07) is 9.09. The first-order valence-corrected chi connectivity index (χ1v) is 6.19. The average molecular weight is 315 g/mol. The molecule has 2 aromatic carbocycles. The first kappa shape index (κ1) is 15.2. The Kier molecular flexibility index (Phi) is 4.37. The molecule has 0 aliphatic carbocycles. The highest BCUT2D eigenvalue weighted by Gasteiger charge is 2.30. The van der Waals surface area contributed by atoms with Gasteiger partial charge in [-0.05, 0) is 48.0 Å². The molecule has 0 unspecified atom stereocenters. The van der Waals surface area contributed by atoms with E-state index in [0.717, 1.165) is 18.2 Å². The maximum Gasteiger partial charge on any atom is 0.416 e. The Bertz CT molecular complexity index is 654. The smallest absolute Gasteiger partial charge is 0.416 e. The number of phenols is 1. The highest BCUT2D eigenvalue weighted by Crippen LogP contribution is 2.33. The molecule has 0 aromatic heterocycles. The average Bonchev–Trinajstić information content (AvgIpc) is 2.42. The van der Waals surface area contributed by atoms with Gasteiger partial charge < -0.3 is 5.11 Å². The lowest BCUT2D eigenvalue weighted by molar-refractivity contribution is -0.137. The molecule has 2 aromatic rings. The molecule has 3 nitrogen and oxygen atoms in total. The molecule has 0 aliphatic rings. The largest absolute Gasteiger partial charge is 0.508 e. The van der Waals surface area contributed by atoms with E-state index >= 15 is 0 Å². The number of nitrogens with one attached hydrogen (secondary N) is 1. The van der Waals surface area contributed by atoms with Gasteiger partial charge in [-0.25, -0.2) is 0 Å². The van der Waals surface area contributed by atoms with Crippen molar-refractivity contribution >= 4 is 23.5 Å². The van der Waals surface area contributed by atoms with Crippen LogP contribution in [0.1, 0.15) is 11.1 Å². The summed E-state index contributed by atoms with van der Waals surface area (Å²) in [5.74, 6) is 0.112. The number of hydrogen-bond acceptors (Lipinski definition) is 3. The van der Waals surface area contributed by atoms with Crippen LogP contribution in [0.3, 0.4) is 0 Å². The van der Waals surface area contributed by atoms with Crippen molar-refractivity contribution in [1.82, 2.24) is 0 Å². The molecule has 0 atom stereocenters. The van der Waals surface area contributed by atoms with Crippen LogP contribution >= 0.6 is 11.6 Å². The van der Waals surface area contributed by atoms with Gasteiger partial charge in [-0.15, -0.1) is 0 Å². The molecule has 0 saturated carbocycles. The van der Waals surface area contributed by atoms with Gasteiger partial charge in [-0.2, -0.15) is 18.3 Å². The van der Waals surface area contributed by atoms with Crippen molar-refractivity contribution in [2.75, 3.05) is 5.43 Å². The van der Waals surface area contributed by atoms with E-state index in [4.69, 9.17) is 16.7 Å².